The zero-order valence-corrected chi connectivity index (χ0v) is 17.6. The maximum absolute atomic E-state index is 13.4. The molecule has 1 unspecified atom stereocenters. The van der Waals surface area contributed by atoms with E-state index in [0.29, 0.717) is 43.4 Å². The number of carbonyl (C=O) groups is 2. The van der Waals surface area contributed by atoms with Crippen LogP contribution in [0.5, 0.6) is 0 Å². The second-order valence-electron chi connectivity index (χ2n) is 7.54. The van der Waals surface area contributed by atoms with Crippen LogP contribution in [0.25, 0.3) is 0 Å². The van der Waals surface area contributed by atoms with Crippen molar-refractivity contribution in [3.05, 3.63) is 47.1 Å². The first kappa shape index (κ1) is 20.3. The number of pyridine rings is 1. The molecule has 30 heavy (non-hydrogen) atoms. The minimum absolute atomic E-state index is 0.0756. The lowest BCUT2D eigenvalue weighted by molar-refractivity contribution is -0.132. The molecule has 2 aromatic rings. The summed E-state index contributed by atoms with van der Waals surface area (Å²) in [5.41, 5.74) is 8.46. The fourth-order valence-electron chi connectivity index (χ4n) is 4.15. The van der Waals surface area contributed by atoms with Crippen molar-refractivity contribution in [3.8, 4) is 0 Å². The van der Waals surface area contributed by atoms with Crippen LogP contribution < -0.4 is 20.9 Å². The lowest BCUT2D eigenvalue weighted by atomic mass is 9.99. The number of halogens is 1. The van der Waals surface area contributed by atoms with Gasteiger partial charge >= 0.3 is 0 Å². The van der Waals surface area contributed by atoms with Crippen molar-refractivity contribution < 1.29 is 9.59 Å². The first-order valence-corrected chi connectivity index (χ1v) is 10.3. The van der Waals surface area contributed by atoms with Crippen LogP contribution in [0.3, 0.4) is 0 Å². The third-order valence-corrected chi connectivity index (χ3v) is 5.97. The molecule has 3 heterocycles. The maximum Gasteiger partial charge on any atom is 0.239 e. The van der Waals surface area contributed by atoms with Crippen LogP contribution in [0, 0.1) is 0 Å². The molecule has 2 aliphatic rings. The summed E-state index contributed by atoms with van der Waals surface area (Å²) in [6, 6.07) is 9.17. The van der Waals surface area contributed by atoms with E-state index >= 15 is 0 Å². The molecule has 4 rings (SSSR count). The fourth-order valence-corrected chi connectivity index (χ4v) is 4.31. The first-order chi connectivity index (χ1) is 14.5. The molecule has 0 spiro atoms. The number of nitrogen functional groups attached to an aromatic ring is 1. The van der Waals surface area contributed by atoms with E-state index in [0.717, 1.165) is 17.1 Å². The van der Waals surface area contributed by atoms with Gasteiger partial charge in [-0.1, -0.05) is 17.7 Å². The second-order valence-corrected chi connectivity index (χ2v) is 7.97. The highest BCUT2D eigenvalue weighted by Gasteiger charge is 2.37. The van der Waals surface area contributed by atoms with Crippen LogP contribution in [0.15, 0.2) is 36.5 Å². The number of hydrogen-bond acceptors (Lipinski definition) is 6. The summed E-state index contributed by atoms with van der Waals surface area (Å²) in [6.07, 6.45) is 1.73. The normalized spacial score (nSPS) is 18.3. The molecular formula is C21H25ClN6O2. The van der Waals surface area contributed by atoms with Gasteiger partial charge < -0.3 is 25.8 Å². The smallest absolute Gasteiger partial charge is 0.239 e. The van der Waals surface area contributed by atoms with Crippen LogP contribution in [0.4, 0.5) is 17.2 Å². The van der Waals surface area contributed by atoms with Gasteiger partial charge in [0.25, 0.3) is 0 Å². The largest absolute Gasteiger partial charge is 0.396 e. The Morgan fingerprint density at radius 2 is 2.00 bits per heavy atom. The number of fused-ring (bicyclic) bond motifs is 1. The summed E-state index contributed by atoms with van der Waals surface area (Å²) in [5, 5.41) is 3.23. The third kappa shape index (κ3) is 3.87. The number of nitrogens with zero attached hydrogens (tertiary/aromatic N) is 4. The summed E-state index contributed by atoms with van der Waals surface area (Å²) in [6.45, 7) is 3.22. The van der Waals surface area contributed by atoms with Crippen LogP contribution in [-0.2, 0) is 9.59 Å². The molecule has 2 aliphatic heterocycles. The Kier molecular flexibility index (Phi) is 5.67. The Balaban J connectivity index is 1.48. The zero-order chi connectivity index (χ0) is 21.3. The fraction of sp³-hybridized carbons (Fsp3) is 0.381. The molecule has 0 radical (unpaired) electrons. The molecule has 1 fully saturated rings. The number of hydrogen-bond donors (Lipinski definition) is 2. The highest BCUT2D eigenvalue weighted by molar-refractivity contribution is 6.31. The summed E-state index contributed by atoms with van der Waals surface area (Å²) in [7, 11) is 1.60. The van der Waals surface area contributed by atoms with Crippen molar-refractivity contribution in [2.45, 2.75) is 5.92 Å². The molecule has 2 amide bonds. The molecule has 3 N–H and O–H groups in total. The van der Waals surface area contributed by atoms with Crippen LogP contribution in [-0.4, -0.2) is 68.0 Å². The number of carbonyl (C=O) groups excluding carboxylic acids is 2. The second kappa shape index (κ2) is 8.39. The van der Waals surface area contributed by atoms with Gasteiger partial charge in [-0.05, 0) is 29.8 Å². The molecule has 9 heteroatoms. The maximum atomic E-state index is 13.4. The van der Waals surface area contributed by atoms with Crippen molar-refractivity contribution >= 4 is 40.6 Å². The number of nitrogens with one attached hydrogen (secondary N) is 1. The standard InChI is InChI=1S/C21H25ClN6O2/c1-24-19(29)13-28-12-16(15-5-4-14(22)11-18(15)28)21(30)27-9-7-26(8-10-27)20-17(23)3-2-6-25-20/h2-6,11,16H,7-10,12-13,23H2,1H3,(H,24,29). The van der Waals surface area contributed by atoms with Gasteiger partial charge in [-0.3, -0.25) is 9.59 Å². The molecule has 1 aromatic heterocycles. The zero-order valence-electron chi connectivity index (χ0n) is 16.8. The van der Waals surface area contributed by atoms with E-state index in [9.17, 15) is 9.59 Å². The SMILES string of the molecule is CNC(=O)CN1CC(C(=O)N2CCN(c3ncccc3N)CC2)c2ccc(Cl)cc21. The van der Waals surface area contributed by atoms with E-state index in [4.69, 9.17) is 17.3 Å². The molecule has 1 atom stereocenters. The highest BCUT2D eigenvalue weighted by atomic mass is 35.5. The van der Waals surface area contributed by atoms with E-state index in [1.54, 1.807) is 19.3 Å². The monoisotopic (exact) mass is 428 g/mol. The van der Waals surface area contributed by atoms with E-state index in [2.05, 4.69) is 15.2 Å². The predicted molar refractivity (Wildman–Crippen MR) is 118 cm³/mol. The van der Waals surface area contributed by atoms with Crippen molar-refractivity contribution in [2.24, 2.45) is 0 Å². The third-order valence-electron chi connectivity index (χ3n) is 5.73. The van der Waals surface area contributed by atoms with Gasteiger partial charge in [0, 0.05) is 56.7 Å². The molecule has 0 aliphatic carbocycles. The number of benzene rings is 1. The Hall–Kier alpha value is -3.00. The van der Waals surface area contributed by atoms with Crippen molar-refractivity contribution in [3.63, 3.8) is 0 Å². The van der Waals surface area contributed by atoms with Gasteiger partial charge in [0.1, 0.15) is 0 Å². The molecule has 1 aromatic carbocycles. The summed E-state index contributed by atoms with van der Waals surface area (Å²) >= 11 is 6.18. The predicted octanol–water partition coefficient (Wildman–Crippen LogP) is 1.32. The number of nitrogens with two attached hydrogens (primary N) is 1. The lowest BCUT2D eigenvalue weighted by Gasteiger charge is -2.37. The quantitative estimate of drug-likeness (QED) is 0.762. The minimum atomic E-state index is -0.312. The topological polar surface area (TPSA) is 94.8 Å². The Bertz CT molecular complexity index is 960. The van der Waals surface area contributed by atoms with Crippen LogP contribution in [0.1, 0.15) is 11.5 Å². The summed E-state index contributed by atoms with van der Waals surface area (Å²) < 4.78 is 0. The van der Waals surface area contributed by atoms with E-state index < -0.39 is 0 Å². The van der Waals surface area contributed by atoms with Gasteiger partial charge in [0.15, 0.2) is 5.82 Å². The van der Waals surface area contributed by atoms with Crippen LogP contribution >= 0.6 is 11.6 Å². The van der Waals surface area contributed by atoms with E-state index in [-0.39, 0.29) is 24.3 Å². The Labute approximate surface area is 180 Å². The van der Waals surface area contributed by atoms with Crippen LogP contribution in [0.2, 0.25) is 5.02 Å². The van der Waals surface area contributed by atoms with Gasteiger partial charge in [-0.2, -0.15) is 0 Å². The van der Waals surface area contributed by atoms with Gasteiger partial charge in [-0.25, -0.2) is 4.98 Å². The molecule has 8 nitrogen and oxygen atoms in total. The van der Waals surface area contributed by atoms with E-state index in [1.165, 1.54) is 0 Å². The number of likely N-dealkylation sites (N-methyl/N-ethyl adjacent to an activating group) is 1. The molecule has 0 saturated carbocycles. The van der Waals surface area contributed by atoms with Gasteiger partial charge in [0.05, 0.1) is 18.2 Å². The summed E-state index contributed by atoms with van der Waals surface area (Å²) in [4.78, 5) is 35.6. The number of piperazine rings is 1. The first-order valence-electron chi connectivity index (χ1n) is 9.97. The highest BCUT2D eigenvalue weighted by Crippen LogP contribution is 2.39. The number of rotatable bonds is 4. The Morgan fingerprint density at radius 3 is 2.70 bits per heavy atom. The van der Waals surface area contributed by atoms with Gasteiger partial charge in [-0.15, -0.1) is 0 Å². The Morgan fingerprint density at radius 1 is 1.23 bits per heavy atom. The van der Waals surface area contributed by atoms with Crippen molar-refractivity contribution in [2.75, 3.05) is 61.8 Å². The van der Waals surface area contributed by atoms with Crippen molar-refractivity contribution in [1.29, 1.82) is 0 Å². The summed E-state index contributed by atoms with van der Waals surface area (Å²) in [5.74, 6) is 0.429. The molecular weight excluding hydrogens is 404 g/mol. The minimum Gasteiger partial charge on any atom is -0.396 e. The van der Waals surface area contributed by atoms with Crippen molar-refractivity contribution in [1.82, 2.24) is 15.2 Å². The molecule has 1 saturated heterocycles. The average Bonchev–Trinajstić information content (AvgIpc) is 3.11. The molecule has 158 valence electrons. The lowest BCUT2D eigenvalue weighted by Crippen LogP contribution is -2.51. The number of anilines is 3. The number of amides is 2. The van der Waals surface area contributed by atoms with Gasteiger partial charge in [0.2, 0.25) is 11.8 Å². The van der Waals surface area contributed by atoms with E-state index in [1.807, 2.05) is 34.1 Å². The number of aromatic nitrogens is 1. The molecule has 0 bridgehead atoms. The average molecular weight is 429 g/mol.